The average Bonchev–Trinajstić information content (AvgIpc) is 2.38. The Labute approximate surface area is 104 Å². The Morgan fingerprint density at radius 2 is 2.00 bits per heavy atom. The van der Waals surface area contributed by atoms with E-state index in [2.05, 4.69) is 36.5 Å². The van der Waals surface area contributed by atoms with Gasteiger partial charge in [0.15, 0.2) is 0 Å². The maximum Gasteiger partial charge on any atom is 0.0697 e. The van der Waals surface area contributed by atoms with Gasteiger partial charge < -0.3 is 15.2 Å². The van der Waals surface area contributed by atoms with Crippen molar-refractivity contribution < 1.29 is 9.84 Å². The van der Waals surface area contributed by atoms with E-state index in [1.165, 1.54) is 5.56 Å². The van der Waals surface area contributed by atoms with Gasteiger partial charge in [0.2, 0.25) is 0 Å². The van der Waals surface area contributed by atoms with Gasteiger partial charge in [-0.25, -0.2) is 0 Å². The first kappa shape index (κ1) is 14.2. The molecule has 3 heteroatoms. The lowest BCUT2D eigenvalue weighted by Gasteiger charge is -2.12. The number of aliphatic hydroxyl groups excluding tert-OH is 1. The van der Waals surface area contributed by atoms with Crippen molar-refractivity contribution in [2.45, 2.75) is 19.3 Å². The highest BCUT2D eigenvalue weighted by Gasteiger charge is 2.03. The zero-order valence-electron chi connectivity index (χ0n) is 10.6. The second kappa shape index (κ2) is 9.16. The van der Waals surface area contributed by atoms with Crippen molar-refractivity contribution in [3.8, 4) is 0 Å². The molecule has 0 spiro atoms. The fourth-order valence-electron chi connectivity index (χ4n) is 1.68. The van der Waals surface area contributed by atoms with E-state index in [0.717, 1.165) is 19.5 Å². The van der Waals surface area contributed by atoms with Gasteiger partial charge in [0, 0.05) is 13.2 Å². The molecule has 1 rings (SSSR count). The van der Waals surface area contributed by atoms with E-state index >= 15 is 0 Å². The number of hydrogen-bond acceptors (Lipinski definition) is 3. The number of benzene rings is 1. The monoisotopic (exact) mass is 237 g/mol. The molecule has 0 aliphatic carbocycles. The highest BCUT2D eigenvalue weighted by Crippen LogP contribution is 2.12. The number of aliphatic hydroxyl groups is 1. The van der Waals surface area contributed by atoms with Crippen LogP contribution < -0.4 is 5.32 Å². The fraction of sp³-hybridized carbons (Fsp3) is 0.571. The predicted octanol–water partition coefficient (Wildman–Crippen LogP) is 1.78. The van der Waals surface area contributed by atoms with Gasteiger partial charge in [-0.3, -0.25) is 0 Å². The van der Waals surface area contributed by atoms with Crippen molar-refractivity contribution in [2.75, 3.05) is 32.9 Å². The molecule has 0 aromatic heterocycles. The molecule has 3 nitrogen and oxygen atoms in total. The molecule has 0 radical (unpaired) electrons. The zero-order chi connectivity index (χ0) is 12.3. The Morgan fingerprint density at radius 1 is 1.24 bits per heavy atom. The van der Waals surface area contributed by atoms with E-state index in [1.54, 1.807) is 0 Å². The van der Waals surface area contributed by atoms with Crippen LogP contribution in [0.1, 0.15) is 24.8 Å². The third-order valence-corrected chi connectivity index (χ3v) is 2.70. The van der Waals surface area contributed by atoms with E-state index in [0.29, 0.717) is 19.1 Å². The summed E-state index contributed by atoms with van der Waals surface area (Å²) >= 11 is 0. The van der Waals surface area contributed by atoms with Crippen LogP contribution in [-0.4, -0.2) is 38.0 Å². The number of nitrogens with one attached hydrogen (secondary N) is 1. The number of hydrogen-bond donors (Lipinski definition) is 2. The van der Waals surface area contributed by atoms with E-state index < -0.39 is 0 Å². The molecule has 17 heavy (non-hydrogen) atoms. The van der Waals surface area contributed by atoms with Gasteiger partial charge in [-0.2, -0.15) is 0 Å². The van der Waals surface area contributed by atoms with Crippen LogP contribution in [0.3, 0.4) is 0 Å². The van der Waals surface area contributed by atoms with Crippen molar-refractivity contribution in [1.82, 2.24) is 5.32 Å². The molecule has 96 valence electrons. The van der Waals surface area contributed by atoms with Crippen LogP contribution in [0.25, 0.3) is 0 Å². The van der Waals surface area contributed by atoms with Gasteiger partial charge in [0.25, 0.3) is 0 Å². The summed E-state index contributed by atoms with van der Waals surface area (Å²) in [6.07, 6.45) is 0.988. The van der Waals surface area contributed by atoms with Crippen LogP contribution in [0.2, 0.25) is 0 Å². The van der Waals surface area contributed by atoms with E-state index in [1.807, 2.05) is 6.07 Å². The molecular formula is C14H23NO2. The van der Waals surface area contributed by atoms with Crippen LogP contribution >= 0.6 is 0 Å². The van der Waals surface area contributed by atoms with Crippen molar-refractivity contribution in [3.05, 3.63) is 35.9 Å². The summed E-state index contributed by atoms with van der Waals surface area (Å²) < 4.78 is 5.18. The second-order valence-corrected chi connectivity index (χ2v) is 4.21. The minimum atomic E-state index is 0.110. The average molecular weight is 237 g/mol. The molecule has 0 bridgehead atoms. The normalized spacial score (nSPS) is 12.6. The first-order chi connectivity index (χ1) is 8.34. The smallest absolute Gasteiger partial charge is 0.0697 e. The van der Waals surface area contributed by atoms with Gasteiger partial charge in [-0.05, 0) is 24.4 Å². The summed E-state index contributed by atoms with van der Waals surface area (Å²) in [5, 5.41) is 11.9. The van der Waals surface area contributed by atoms with Crippen molar-refractivity contribution in [2.24, 2.45) is 0 Å². The van der Waals surface area contributed by atoms with Crippen LogP contribution in [0.5, 0.6) is 0 Å². The minimum Gasteiger partial charge on any atom is -0.394 e. The van der Waals surface area contributed by atoms with Gasteiger partial charge in [-0.1, -0.05) is 37.3 Å². The Hall–Kier alpha value is -0.900. The van der Waals surface area contributed by atoms with Gasteiger partial charge >= 0.3 is 0 Å². The Morgan fingerprint density at radius 3 is 2.71 bits per heavy atom. The molecule has 0 aliphatic rings. The third kappa shape index (κ3) is 6.41. The Bertz CT molecular complexity index is 277. The molecule has 0 amide bonds. The predicted molar refractivity (Wildman–Crippen MR) is 70.2 cm³/mol. The van der Waals surface area contributed by atoms with Crippen molar-refractivity contribution >= 4 is 0 Å². The van der Waals surface area contributed by atoms with Gasteiger partial charge in [0.1, 0.15) is 0 Å². The molecular weight excluding hydrogens is 214 g/mol. The third-order valence-electron chi connectivity index (χ3n) is 2.70. The second-order valence-electron chi connectivity index (χ2n) is 4.21. The highest BCUT2D eigenvalue weighted by atomic mass is 16.5. The molecule has 0 saturated heterocycles. The Kier molecular flexibility index (Phi) is 7.63. The molecule has 0 fully saturated rings. The highest BCUT2D eigenvalue weighted by molar-refractivity contribution is 5.18. The number of ether oxygens (including phenoxy) is 1. The van der Waals surface area contributed by atoms with E-state index in [4.69, 9.17) is 9.84 Å². The maximum atomic E-state index is 8.53. The largest absolute Gasteiger partial charge is 0.394 e. The van der Waals surface area contributed by atoms with Crippen LogP contribution in [-0.2, 0) is 4.74 Å². The first-order valence-corrected chi connectivity index (χ1v) is 6.29. The van der Waals surface area contributed by atoms with E-state index in [9.17, 15) is 0 Å². The van der Waals surface area contributed by atoms with Gasteiger partial charge in [0.05, 0.1) is 13.2 Å². The molecule has 2 N–H and O–H groups in total. The molecule has 0 aliphatic heterocycles. The topological polar surface area (TPSA) is 41.5 Å². The van der Waals surface area contributed by atoms with Crippen LogP contribution in [0, 0.1) is 0 Å². The molecule has 0 saturated carbocycles. The summed E-state index contributed by atoms with van der Waals surface area (Å²) in [6.45, 7) is 5.45. The molecule has 1 unspecified atom stereocenters. The summed E-state index contributed by atoms with van der Waals surface area (Å²) in [4.78, 5) is 0. The summed E-state index contributed by atoms with van der Waals surface area (Å²) in [5.41, 5.74) is 1.37. The van der Waals surface area contributed by atoms with Gasteiger partial charge in [-0.15, -0.1) is 0 Å². The van der Waals surface area contributed by atoms with Crippen molar-refractivity contribution in [3.63, 3.8) is 0 Å². The summed E-state index contributed by atoms with van der Waals surface area (Å²) in [7, 11) is 0. The quantitative estimate of drug-likeness (QED) is 0.643. The summed E-state index contributed by atoms with van der Waals surface area (Å²) in [5.74, 6) is 0.537. The zero-order valence-corrected chi connectivity index (χ0v) is 10.6. The minimum absolute atomic E-state index is 0.110. The SMILES string of the molecule is CC(CNCCCOCCO)c1ccccc1. The molecule has 1 aromatic carbocycles. The molecule has 0 heterocycles. The lowest BCUT2D eigenvalue weighted by atomic mass is 10.0. The Balaban J connectivity index is 2.03. The van der Waals surface area contributed by atoms with E-state index in [-0.39, 0.29) is 6.61 Å². The lowest BCUT2D eigenvalue weighted by molar-refractivity contribution is 0.0907. The molecule has 1 aromatic rings. The maximum absolute atomic E-state index is 8.53. The first-order valence-electron chi connectivity index (χ1n) is 6.29. The fourth-order valence-corrected chi connectivity index (χ4v) is 1.68. The molecule has 1 atom stereocenters. The standard InChI is InChI=1S/C14H23NO2/c1-13(14-6-3-2-4-7-14)12-15-8-5-10-17-11-9-16/h2-4,6-7,13,15-16H,5,8-12H2,1H3. The van der Waals surface area contributed by atoms with Crippen LogP contribution in [0.15, 0.2) is 30.3 Å². The lowest BCUT2D eigenvalue weighted by Crippen LogP contribution is -2.22. The van der Waals surface area contributed by atoms with Crippen molar-refractivity contribution in [1.29, 1.82) is 0 Å². The summed E-state index contributed by atoms with van der Waals surface area (Å²) in [6, 6.07) is 10.5. The van der Waals surface area contributed by atoms with Crippen LogP contribution in [0.4, 0.5) is 0 Å². The number of rotatable bonds is 9.